The Morgan fingerprint density at radius 2 is 2.29 bits per heavy atom. The maximum Gasteiger partial charge on any atom is 0.233 e. The maximum absolute atomic E-state index is 9.67. The van der Waals surface area contributed by atoms with E-state index in [-0.39, 0.29) is 18.3 Å². The highest BCUT2D eigenvalue weighted by molar-refractivity contribution is 5.51. The highest BCUT2D eigenvalue weighted by Crippen LogP contribution is 2.22. The Balaban J connectivity index is 0.00000144. The van der Waals surface area contributed by atoms with Gasteiger partial charge >= 0.3 is 0 Å². The molecule has 94 valence electrons. The average Bonchev–Trinajstić information content (AvgIpc) is 2.76. The lowest BCUT2D eigenvalue weighted by atomic mass is 10.4. The van der Waals surface area contributed by atoms with Crippen molar-refractivity contribution < 1.29 is 17.5 Å². The Hall–Kier alpha value is -1.69. The standard InChI is InChI=1S/C10H15N5O.ClH/c1-7-9(11)10(16)15(13-7)5-3-8-12-4-6-14(8)2;/h4,6,16H,3,5,11H2,1-2H3;1H. The molecule has 4 N–H and O–H groups in total. The molecule has 0 saturated heterocycles. The number of nitrogens with one attached hydrogen (secondary N) is 1. The number of hydrogen-bond acceptors (Lipinski definition) is 3. The molecule has 0 radical (unpaired) electrons. The van der Waals surface area contributed by atoms with Gasteiger partial charge in [0, 0.05) is 7.05 Å². The third kappa shape index (κ3) is 2.52. The minimum atomic E-state index is 0. The van der Waals surface area contributed by atoms with Crippen molar-refractivity contribution >= 4 is 5.69 Å². The molecule has 0 aliphatic heterocycles. The summed E-state index contributed by atoms with van der Waals surface area (Å²) in [5.74, 6) is 1.12. The number of aromatic amines is 1. The van der Waals surface area contributed by atoms with Gasteiger partial charge in [0.05, 0.1) is 18.7 Å². The summed E-state index contributed by atoms with van der Waals surface area (Å²) in [6.07, 6.45) is 4.58. The van der Waals surface area contributed by atoms with E-state index in [1.165, 1.54) is 4.68 Å². The van der Waals surface area contributed by atoms with Crippen LogP contribution in [0.2, 0.25) is 0 Å². The highest BCUT2D eigenvalue weighted by atomic mass is 35.5. The molecule has 0 unspecified atom stereocenters. The fraction of sp³-hybridized carbons (Fsp3) is 0.400. The zero-order valence-corrected chi connectivity index (χ0v) is 10.6. The van der Waals surface area contributed by atoms with Crippen molar-refractivity contribution in [2.24, 2.45) is 7.05 Å². The Kier molecular flexibility index (Phi) is 4.01. The van der Waals surface area contributed by atoms with Gasteiger partial charge in [-0.25, -0.2) is 14.2 Å². The number of imidazole rings is 1. The predicted molar refractivity (Wildman–Crippen MR) is 60.9 cm³/mol. The predicted octanol–water partition coefficient (Wildman–Crippen LogP) is -2.33. The summed E-state index contributed by atoms with van der Waals surface area (Å²) in [4.78, 5) is 3.13. The lowest BCUT2D eigenvalue weighted by Crippen LogP contribution is -3.00. The molecular formula is C10H16ClN5O. The van der Waals surface area contributed by atoms with Gasteiger partial charge in [-0.2, -0.15) is 5.10 Å². The summed E-state index contributed by atoms with van der Waals surface area (Å²) in [6, 6.07) is 0. The van der Waals surface area contributed by atoms with E-state index >= 15 is 0 Å². The van der Waals surface area contributed by atoms with Crippen molar-refractivity contribution in [1.82, 2.24) is 19.3 Å². The number of nitrogens with two attached hydrogens (primary N) is 1. The van der Waals surface area contributed by atoms with Crippen LogP contribution in [-0.4, -0.2) is 24.4 Å². The van der Waals surface area contributed by atoms with Crippen LogP contribution in [0, 0.1) is 6.92 Å². The summed E-state index contributed by atoms with van der Waals surface area (Å²) in [5.41, 5.74) is 6.65. The van der Waals surface area contributed by atoms with Gasteiger partial charge in [0.15, 0.2) is 18.2 Å². The number of nitrogen functional groups attached to an aromatic ring is 1. The first kappa shape index (κ1) is 13.4. The number of aromatic nitrogens is 4. The second-order valence-corrected chi connectivity index (χ2v) is 3.81. The molecule has 0 aliphatic rings. The van der Waals surface area contributed by atoms with E-state index in [1.807, 2.05) is 24.0 Å². The van der Waals surface area contributed by atoms with Crippen LogP contribution in [0.25, 0.3) is 0 Å². The first-order valence-corrected chi connectivity index (χ1v) is 5.13. The molecule has 0 aromatic carbocycles. The summed E-state index contributed by atoms with van der Waals surface area (Å²) in [5, 5.41) is 13.8. The number of hydrogen-bond donors (Lipinski definition) is 3. The molecule has 7 heteroatoms. The minimum Gasteiger partial charge on any atom is -1.00 e. The molecule has 0 saturated carbocycles. The number of H-pyrrole nitrogens is 1. The highest BCUT2D eigenvalue weighted by Gasteiger charge is 2.12. The molecular weight excluding hydrogens is 242 g/mol. The first-order chi connectivity index (χ1) is 7.59. The quantitative estimate of drug-likeness (QED) is 0.540. The van der Waals surface area contributed by atoms with E-state index in [0.717, 1.165) is 12.2 Å². The smallest absolute Gasteiger partial charge is 0.233 e. The fourth-order valence-corrected chi connectivity index (χ4v) is 1.64. The monoisotopic (exact) mass is 257 g/mol. The number of nitrogens with zero attached hydrogens (tertiary/aromatic N) is 3. The Morgan fingerprint density at radius 3 is 2.76 bits per heavy atom. The summed E-state index contributed by atoms with van der Waals surface area (Å²) >= 11 is 0. The third-order valence-corrected chi connectivity index (χ3v) is 2.68. The van der Waals surface area contributed by atoms with Crippen LogP contribution in [0.15, 0.2) is 12.4 Å². The topological polar surface area (TPSA) is 84.8 Å². The van der Waals surface area contributed by atoms with Gasteiger partial charge in [0.1, 0.15) is 5.69 Å². The molecule has 0 atom stereocenters. The van der Waals surface area contributed by atoms with Crippen molar-refractivity contribution in [1.29, 1.82) is 0 Å². The Bertz CT molecular complexity index is 505. The zero-order valence-electron chi connectivity index (χ0n) is 9.81. The van der Waals surface area contributed by atoms with E-state index in [1.54, 1.807) is 6.92 Å². The van der Waals surface area contributed by atoms with Gasteiger partial charge in [0.2, 0.25) is 5.88 Å². The number of aromatic hydroxyl groups is 1. The second-order valence-electron chi connectivity index (χ2n) is 3.81. The largest absolute Gasteiger partial charge is 1.00 e. The van der Waals surface area contributed by atoms with E-state index < -0.39 is 0 Å². The maximum atomic E-state index is 9.67. The van der Waals surface area contributed by atoms with Gasteiger partial charge in [-0.05, 0) is 6.92 Å². The second kappa shape index (κ2) is 5.09. The fourth-order valence-electron chi connectivity index (χ4n) is 1.64. The molecule has 2 heterocycles. The van der Waals surface area contributed by atoms with Crippen LogP contribution in [0.3, 0.4) is 0 Å². The molecule has 17 heavy (non-hydrogen) atoms. The van der Waals surface area contributed by atoms with Crippen LogP contribution >= 0.6 is 0 Å². The van der Waals surface area contributed by atoms with Crippen molar-refractivity contribution in [2.75, 3.05) is 5.73 Å². The SMILES string of the molecule is Cc1nn(CC[c+]2[nH]ccn2C)c(O)c1N.[Cl-]. The Morgan fingerprint density at radius 1 is 1.59 bits per heavy atom. The van der Waals surface area contributed by atoms with Gasteiger partial charge < -0.3 is 23.2 Å². The molecule has 0 spiro atoms. The van der Waals surface area contributed by atoms with Crippen LogP contribution in [0.5, 0.6) is 5.88 Å². The molecule has 0 aliphatic carbocycles. The molecule has 2 aromatic heterocycles. The van der Waals surface area contributed by atoms with Gasteiger partial charge in [-0.15, -0.1) is 0 Å². The number of halogens is 1. The van der Waals surface area contributed by atoms with Crippen LogP contribution in [0.4, 0.5) is 5.69 Å². The van der Waals surface area contributed by atoms with Gasteiger partial charge in [-0.3, -0.25) is 0 Å². The molecule has 6 nitrogen and oxygen atoms in total. The van der Waals surface area contributed by atoms with Crippen LogP contribution in [0.1, 0.15) is 11.5 Å². The van der Waals surface area contributed by atoms with E-state index in [2.05, 4.69) is 10.1 Å². The third-order valence-electron chi connectivity index (χ3n) is 2.68. The summed E-state index contributed by atoms with van der Waals surface area (Å²) < 4.78 is 3.52. The van der Waals surface area contributed by atoms with E-state index in [0.29, 0.717) is 17.9 Å². The average molecular weight is 258 g/mol. The lowest BCUT2D eigenvalue weighted by molar-refractivity contribution is -0.00000465. The van der Waals surface area contributed by atoms with Crippen molar-refractivity contribution in [3.05, 3.63) is 23.9 Å². The van der Waals surface area contributed by atoms with Gasteiger partial charge in [0.25, 0.3) is 0 Å². The van der Waals surface area contributed by atoms with Crippen molar-refractivity contribution in [3.8, 4) is 5.88 Å². The number of anilines is 1. The lowest BCUT2D eigenvalue weighted by Gasteiger charge is -2.00. The number of aryl methyl sites for hydroxylation is 4. The van der Waals surface area contributed by atoms with E-state index in [9.17, 15) is 5.11 Å². The Labute approximate surface area is 105 Å². The summed E-state index contributed by atoms with van der Waals surface area (Å²) in [6.45, 7) is 2.37. The summed E-state index contributed by atoms with van der Waals surface area (Å²) in [7, 11) is 1.97. The molecule has 0 fully saturated rings. The zero-order chi connectivity index (χ0) is 11.7. The van der Waals surface area contributed by atoms with Crippen LogP contribution < -0.4 is 18.1 Å². The molecule has 0 amide bonds. The minimum absolute atomic E-state index is 0. The van der Waals surface area contributed by atoms with Crippen LogP contribution in [-0.2, 0) is 20.0 Å². The van der Waals surface area contributed by atoms with Crippen molar-refractivity contribution in [2.45, 2.75) is 19.9 Å². The normalized spacial score (nSPS) is 10.2. The number of rotatable bonds is 3. The van der Waals surface area contributed by atoms with Crippen molar-refractivity contribution in [3.63, 3.8) is 0 Å². The molecule has 2 aromatic rings. The molecule has 2 rings (SSSR count). The molecule has 0 bridgehead atoms. The van der Waals surface area contributed by atoms with E-state index in [4.69, 9.17) is 5.73 Å². The van der Waals surface area contributed by atoms with Gasteiger partial charge in [-0.1, -0.05) is 0 Å². The first-order valence-electron chi connectivity index (χ1n) is 5.13.